The van der Waals surface area contributed by atoms with E-state index in [1.54, 1.807) is 6.20 Å². The second-order valence-electron chi connectivity index (χ2n) is 3.05. The summed E-state index contributed by atoms with van der Waals surface area (Å²) in [5, 5.41) is 0. The molecule has 3 nitrogen and oxygen atoms in total. The molecule has 2 rings (SSSR count). The van der Waals surface area contributed by atoms with Crippen LogP contribution in [-0.2, 0) is 0 Å². The van der Waals surface area contributed by atoms with Gasteiger partial charge in [-0.3, -0.25) is 0 Å². The molecule has 15 heavy (non-hydrogen) atoms. The van der Waals surface area contributed by atoms with Crippen molar-refractivity contribution in [1.82, 2.24) is 9.97 Å². The Kier molecular flexibility index (Phi) is 3.45. The second kappa shape index (κ2) is 4.65. The molecule has 0 saturated heterocycles. The van der Waals surface area contributed by atoms with Gasteiger partial charge in [-0.2, -0.15) is 0 Å². The van der Waals surface area contributed by atoms with E-state index in [0.717, 1.165) is 19.6 Å². The van der Waals surface area contributed by atoms with E-state index >= 15 is 0 Å². The molecule has 80 valence electrons. The molecule has 3 N–H and O–H groups in total. The summed E-state index contributed by atoms with van der Waals surface area (Å²) in [6, 6.07) is 3.86. The summed E-state index contributed by atoms with van der Waals surface area (Å²) < 4.78 is 1.63. The maximum absolute atomic E-state index is 5.89. The van der Waals surface area contributed by atoms with Crippen molar-refractivity contribution in [3.05, 3.63) is 38.0 Å². The molecule has 1 atom stereocenters. The van der Waals surface area contributed by atoms with Crippen molar-refractivity contribution >= 4 is 38.9 Å². The standard InChI is InChI=1S/C9H9BrClN3S/c10-7-4-13-9(14-7)5(3-12)6-1-2-8(11)15-6/h1-2,4-5H,3,12H2,(H,13,14). The average Bonchev–Trinajstić information content (AvgIpc) is 2.78. The van der Waals surface area contributed by atoms with Gasteiger partial charge in [-0.25, -0.2) is 4.98 Å². The number of thiophene rings is 1. The number of halogens is 2. The van der Waals surface area contributed by atoms with Gasteiger partial charge in [-0.05, 0) is 28.1 Å². The Morgan fingerprint density at radius 2 is 2.40 bits per heavy atom. The first kappa shape index (κ1) is 11.1. The highest BCUT2D eigenvalue weighted by Crippen LogP contribution is 2.31. The molecule has 0 bridgehead atoms. The number of hydrogen-bond donors (Lipinski definition) is 2. The molecule has 0 aromatic carbocycles. The van der Waals surface area contributed by atoms with E-state index in [1.165, 1.54) is 11.3 Å². The molecule has 2 aromatic rings. The lowest BCUT2D eigenvalue weighted by molar-refractivity contribution is 0.777. The monoisotopic (exact) mass is 305 g/mol. The van der Waals surface area contributed by atoms with Crippen molar-refractivity contribution in [3.8, 4) is 0 Å². The zero-order valence-corrected chi connectivity index (χ0v) is 10.9. The molecule has 0 aliphatic rings. The van der Waals surface area contributed by atoms with Crippen molar-refractivity contribution < 1.29 is 0 Å². The third kappa shape index (κ3) is 2.42. The number of aromatic nitrogens is 2. The Labute approximate surface area is 105 Å². The molecular formula is C9H9BrClN3S. The molecule has 0 radical (unpaired) electrons. The van der Waals surface area contributed by atoms with Gasteiger partial charge in [0.15, 0.2) is 0 Å². The highest BCUT2D eigenvalue weighted by atomic mass is 79.9. The molecule has 0 aliphatic carbocycles. The van der Waals surface area contributed by atoms with Gasteiger partial charge >= 0.3 is 0 Å². The minimum absolute atomic E-state index is 0.0915. The molecule has 1 unspecified atom stereocenters. The van der Waals surface area contributed by atoms with Gasteiger partial charge in [-0.15, -0.1) is 11.3 Å². The van der Waals surface area contributed by atoms with E-state index in [0.29, 0.717) is 6.54 Å². The smallest absolute Gasteiger partial charge is 0.116 e. The van der Waals surface area contributed by atoms with E-state index in [9.17, 15) is 0 Å². The summed E-state index contributed by atoms with van der Waals surface area (Å²) in [7, 11) is 0. The third-order valence-electron chi connectivity index (χ3n) is 2.07. The van der Waals surface area contributed by atoms with Gasteiger partial charge < -0.3 is 10.7 Å². The quantitative estimate of drug-likeness (QED) is 0.916. The lowest BCUT2D eigenvalue weighted by atomic mass is 10.1. The third-order valence-corrected chi connectivity index (χ3v) is 3.82. The predicted octanol–water partition coefficient (Wildman–Crippen LogP) is 2.98. The summed E-state index contributed by atoms with van der Waals surface area (Å²) in [6.07, 6.45) is 1.73. The fourth-order valence-corrected chi connectivity index (χ4v) is 2.85. The largest absolute Gasteiger partial charge is 0.336 e. The van der Waals surface area contributed by atoms with Crippen molar-refractivity contribution in [3.63, 3.8) is 0 Å². The van der Waals surface area contributed by atoms with E-state index in [2.05, 4.69) is 25.9 Å². The van der Waals surface area contributed by atoms with E-state index in [4.69, 9.17) is 17.3 Å². The van der Waals surface area contributed by atoms with Gasteiger partial charge in [-0.1, -0.05) is 11.6 Å². The molecule has 2 aromatic heterocycles. The lowest BCUT2D eigenvalue weighted by Gasteiger charge is -2.09. The molecule has 0 spiro atoms. The van der Waals surface area contributed by atoms with Crippen LogP contribution in [0.25, 0.3) is 0 Å². The van der Waals surface area contributed by atoms with Gasteiger partial charge in [0.2, 0.25) is 0 Å². The van der Waals surface area contributed by atoms with Crippen LogP contribution in [-0.4, -0.2) is 16.5 Å². The van der Waals surface area contributed by atoms with Crippen LogP contribution in [0.2, 0.25) is 4.34 Å². The topological polar surface area (TPSA) is 54.7 Å². The van der Waals surface area contributed by atoms with E-state index < -0.39 is 0 Å². The number of nitrogens with zero attached hydrogens (tertiary/aromatic N) is 1. The lowest BCUT2D eigenvalue weighted by Crippen LogP contribution is -2.13. The molecule has 2 heterocycles. The summed E-state index contributed by atoms with van der Waals surface area (Å²) in [4.78, 5) is 8.51. The fraction of sp³-hybridized carbons (Fsp3) is 0.222. The van der Waals surface area contributed by atoms with Gasteiger partial charge in [0.1, 0.15) is 10.4 Å². The van der Waals surface area contributed by atoms with Crippen LogP contribution in [0.15, 0.2) is 22.9 Å². The normalized spacial score (nSPS) is 13.0. The highest BCUT2D eigenvalue weighted by molar-refractivity contribution is 9.10. The van der Waals surface area contributed by atoms with E-state index in [1.807, 2.05) is 12.1 Å². The second-order valence-corrected chi connectivity index (χ2v) is 5.65. The van der Waals surface area contributed by atoms with Crippen LogP contribution >= 0.6 is 38.9 Å². The Morgan fingerprint density at radius 1 is 1.60 bits per heavy atom. The Morgan fingerprint density at radius 3 is 2.87 bits per heavy atom. The Bertz CT molecular complexity index is 413. The number of nitrogens with one attached hydrogen (secondary N) is 1. The molecule has 0 fully saturated rings. The van der Waals surface area contributed by atoms with Crippen LogP contribution < -0.4 is 5.73 Å². The zero-order chi connectivity index (χ0) is 10.8. The van der Waals surface area contributed by atoms with Gasteiger partial charge in [0, 0.05) is 11.4 Å². The fourth-order valence-electron chi connectivity index (χ4n) is 1.37. The summed E-state index contributed by atoms with van der Waals surface area (Å²) in [5.41, 5.74) is 5.74. The average molecular weight is 307 g/mol. The first-order chi connectivity index (χ1) is 7.20. The van der Waals surface area contributed by atoms with Crippen LogP contribution in [0.3, 0.4) is 0 Å². The minimum atomic E-state index is 0.0915. The first-order valence-electron chi connectivity index (χ1n) is 4.36. The van der Waals surface area contributed by atoms with Crippen LogP contribution in [0, 0.1) is 0 Å². The van der Waals surface area contributed by atoms with Crippen LogP contribution in [0.4, 0.5) is 0 Å². The first-order valence-corrected chi connectivity index (χ1v) is 6.35. The number of imidazole rings is 1. The zero-order valence-electron chi connectivity index (χ0n) is 7.71. The Balaban J connectivity index is 2.32. The molecular weight excluding hydrogens is 298 g/mol. The van der Waals surface area contributed by atoms with Crippen molar-refractivity contribution in [2.75, 3.05) is 6.54 Å². The van der Waals surface area contributed by atoms with Gasteiger partial charge in [0.25, 0.3) is 0 Å². The van der Waals surface area contributed by atoms with Gasteiger partial charge in [0.05, 0.1) is 16.5 Å². The van der Waals surface area contributed by atoms with E-state index in [-0.39, 0.29) is 5.92 Å². The van der Waals surface area contributed by atoms with Crippen LogP contribution in [0.1, 0.15) is 16.6 Å². The van der Waals surface area contributed by atoms with Crippen molar-refractivity contribution in [1.29, 1.82) is 0 Å². The SMILES string of the molecule is NCC(c1ncc(Br)[nH]1)c1ccc(Cl)s1. The predicted molar refractivity (Wildman–Crippen MR) is 66.5 cm³/mol. The number of aromatic amines is 1. The minimum Gasteiger partial charge on any atom is -0.336 e. The van der Waals surface area contributed by atoms with Crippen molar-refractivity contribution in [2.24, 2.45) is 5.73 Å². The Hall–Kier alpha value is -0.360. The number of nitrogens with two attached hydrogens (primary N) is 1. The summed E-state index contributed by atoms with van der Waals surface area (Å²) in [5.74, 6) is 0.955. The number of rotatable bonds is 3. The molecule has 0 aliphatic heterocycles. The summed E-state index contributed by atoms with van der Waals surface area (Å²) in [6.45, 7) is 0.511. The number of H-pyrrole nitrogens is 1. The number of hydrogen-bond acceptors (Lipinski definition) is 3. The molecule has 0 saturated carbocycles. The summed E-state index contributed by atoms with van der Waals surface area (Å²) >= 11 is 10.8. The highest BCUT2D eigenvalue weighted by Gasteiger charge is 2.17. The maximum atomic E-state index is 5.89. The maximum Gasteiger partial charge on any atom is 0.116 e. The van der Waals surface area contributed by atoms with Crippen LogP contribution in [0.5, 0.6) is 0 Å². The molecule has 0 amide bonds. The molecule has 6 heteroatoms. The van der Waals surface area contributed by atoms with Crippen molar-refractivity contribution in [2.45, 2.75) is 5.92 Å².